The summed E-state index contributed by atoms with van der Waals surface area (Å²) in [5.74, 6) is -12.7. The van der Waals surface area contributed by atoms with Crippen molar-refractivity contribution in [1.82, 2.24) is 52.2 Å². The molecule has 41 heteroatoms. The van der Waals surface area contributed by atoms with Crippen LogP contribution < -0.4 is 106 Å². The Kier molecular flexibility index (Phi) is 31.0. The van der Waals surface area contributed by atoms with Gasteiger partial charge in [-0.1, -0.05) is 32.4 Å². The molecule has 0 bridgehead atoms. The molecule has 5 aliphatic heterocycles. The Morgan fingerprint density at radius 3 is 1.71 bits per heavy atom. The fourth-order valence-corrected chi connectivity index (χ4v) is 15.5. The zero-order chi connectivity index (χ0) is 92.3. The molecular formula is C88H102N20O21. The van der Waals surface area contributed by atoms with Crippen LogP contribution in [0, 0.1) is 17.8 Å². The molecule has 6 aliphatic rings. The summed E-state index contributed by atoms with van der Waals surface area (Å²) in [4.78, 5) is 221. The van der Waals surface area contributed by atoms with Gasteiger partial charge in [-0.15, -0.1) is 0 Å². The lowest BCUT2D eigenvalue weighted by molar-refractivity contribution is -0.137. The summed E-state index contributed by atoms with van der Waals surface area (Å²) < 4.78 is 18.2. The third-order valence-electron chi connectivity index (χ3n) is 22.8. The number of phenolic OH excluding ortho intramolecular Hbond substituents is 1. The molecule has 1 aliphatic carbocycles. The van der Waals surface area contributed by atoms with Gasteiger partial charge in [-0.3, -0.25) is 67.1 Å². The van der Waals surface area contributed by atoms with Crippen molar-refractivity contribution in [2.75, 3.05) is 90.0 Å². The zero-order valence-corrected chi connectivity index (χ0v) is 70.7. The maximum atomic E-state index is 14.5. The first-order valence-electron chi connectivity index (χ1n) is 42.4. The van der Waals surface area contributed by atoms with Gasteiger partial charge < -0.3 is 120 Å². The quantitative estimate of drug-likeness (QED) is 0.0235. The van der Waals surface area contributed by atoms with E-state index < -0.39 is 157 Å². The number of hydrogen-bond acceptors (Lipinski definition) is 27. The molecule has 6 atom stereocenters. The number of nitrogens with one attached hydrogen (secondary N) is 11. The average molecular weight is 1780 g/mol. The Hall–Kier alpha value is -14.9. The Bertz CT molecular complexity index is 5660. The van der Waals surface area contributed by atoms with Crippen molar-refractivity contribution >= 4 is 134 Å². The first kappa shape index (κ1) is 93.3. The number of nitrogens with two attached hydrogens (primary N) is 4. The third-order valence-corrected chi connectivity index (χ3v) is 22.8. The minimum absolute atomic E-state index is 0.0217. The van der Waals surface area contributed by atoms with Crippen molar-refractivity contribution in [1.29, 1.82) is 0 Å². The van der Waals surface area contributed by atoms with E-state index in [1.165, 1.54) is 91.0 Å². The molecule has 0 unspecified atom stereocenters. The molecule has 12 amide bonds. The number of anilines is 7. The average Bonchev–Trinajstić information content (AvgIpc) is 0.746. The number of primary amides is 2. The van der Waals surface area contributed by atoms with E-state index in [1.807, 2.05) is 16.7 Å². The van der Waals surface area contributed by atoms with Gasteiger partial charge in [-0.25, -0.2) is 4.79 Å². The number of carboxylic acid groups (broad SMARTS) is 2. The van der Waals surface area contributed by atoms with Gasteiger partial charge in [0, 0.05) is 113 Å². The summed E-state index contributed by atoms with van der Waals surface area (Å²) in [6, 6.07) is 19.3. The number of carbonyl (C=O) groups is 14. The number of carbonyl (C=O) groups excluding carboxylic acids is 12. The topological polar surface area (TPSA) is 630 Å². The van der Waals surface area contributed by atoms with E-state index in [0.29, 0.717) is 60.7 Å². The van der Waals surface area contributed by atoms with Crippen LogP contribution in [-0.2, 0) is 54.6 Å². The molecule has 0 radical (unpaired) electrons. The standard InChI is InChI=1S/C88H102N20O21/c1-3-45(2)74-84(124)101-63(9-5-7-30-90)82(122)102-65-36-48(75(91)115)10-11-49(65)44-128-67-22-14-51(39-60(67)80(120)103-74)96-71(112)43-94-78(118)47-26-33-108(34-27-47)88-105-86(97-52-12-17-55(58(37-52)85(125)126)73-56-18-15-53(109)40-68(56)129-69-41-54(110)16-19-57(69)73)104-87(106-88)107-31-24-46(25-32-107)77(117)93-42-70(111)95-50-13-21-66-59(38-50)79(119)99-64(20-23-72(113)114)83(123)100-62(8-4-6-29-89)81(121)98-61(76(92)116)28-35-127-66/h10-19,21-22,36-41,45-47,61-64,74,109H,3-9,20,23-35,42-44,89-90H2,1-2H3,(H2,91,115)(H2,92,116)(H,93,117)(H,94,118)(H,95,111)(H,96,112)(H,98,121)(H,99,119)(H,100,123)(H,101,124)(H,102,122)(H,103,120)(H,113,114)(H,125,126)(H,97,104,105,106)/t45-,61-,62-,63-,64-,74-/m0/s1. The number of rotatable bonds is 29. The minimum atomic E-state index is -1.51. The van der Waals surface area contributed by atoms with E-state index in [9.17, 15) is 87.2 Å². The third kappa shape index (κ3) is 24.0. The van der Waals surface area contributed by atoms with E-state index in [1.54, 1.807) is 25.1 Å². The maximum Gasteiger partial charge on any atom is 0.336 e. The molecular weight excluding hydrogens is 1670 g/mol. The van der Waals surface area contributed by atoms with Crippen molar-refractivity contribution in [3.8, 4) is 39.7 Å². The fraction of sp³-hybridized carbons (Fsp3) is 0.386. The van der Waals surface area contributed by atoms with Gasteiger partial charge in [0.2, 0.25) is 76.9 Å². The van der Waals surface area contributed by atoms with Crippen LogP contribution in [0.4, 0.5) is 40.6 Å². The molecule has 41 nitrogen and oxygen atoms in total. The lowest BCUT2D eigenvalue weighted by Crippen LogP contribution is -2.56. The van der Waals surface area contributed by atoms with Crippen molar-refractivity contribution in [2.45, 2.75) is 141 Å². The molecule has 1 aromatic heterocycles. The lowest BCUT2D eigenvalue weighted by Gasteiger charge is -2.34. The van der Waals surface area contributed by atoms with E-state index >= 15 is 0 Å². The predicted octanol–water partition coefficient (Wildman–Crippen LogP) is 3.56. The van der Waals surface area contributed by atoms with Crippen LogP contribution in [0.3, 0.4) is 0 Å². The van der Waals surface area contributed by atoms with Crippen LogP contribution in [0.15, 0.2) is 118 Å². The largest absolute Gasteiger partial charge is 0.508 e. The Labute approximate surface area is 737 Å². The summed E-state index contributed by atoms with van der Waals surface area (Å²) in [6.07, 6.45) is 2.32. The van der Waals surface area contributed by atoms with Crippen LogP contribution in [0.1, 0.15) is 151 Å². The number of carboxylic acids is 2. The van der Waals surface area contributed by atoms with Gasteiger partial charge in [0.1, 0.15) is 65.4 Å². The van der Waals surface area contributed by atoms with Crippen LogP contribution in [0.25, 0.3) is 33.4 Å². The second-order valence-electron chi connectivity index (χ2n) is 31.8. The monoisotopic (exact) mass is 1770 g/mol. The van der Waals surface area contributed by atoms with Crippen molar-refractivity contribution in [3.63, 3.8) is 0 Å². The van der Waals surface area contributed by atoms with E-state index in [-0.39, 0.29) is 193 Å². The van der Waals surface area contributed by atoms with Gasteiger partial charge in [-0.2, -0.15) is 15.0 Å². The van der Waals surface area contributed by atoms with Gasteiger partial charge in [-0.05, 0) is 180 Å². The highest BCUT2D eigenvalue weighted by atomic mass is 16.5. The number of fused-ring (bicyclic) bond motifs is 5. The van der Waals surface area contributed by atoms with Gasteiger partial charge >= 0.3 is 11.9 Å². The number of hydrogen-bond donors (Lipinski definition) is 18. The van der Waals surface area contributed by atoms with E-state index in [2.05, 4.69) is 58.5 Å². The van der Waals surface area contributed by atoms with Gasteiger partial charge in [0.25, 0.3) is 11.8 Å². The second kappa shape index (κ2) is 42.9. The lowest BCUT2D eigenvalue weighted by atomic mass is 9.90. The Balaban J connectivity index is 0.731. The predicted molar refractivity (Wildman–Crippen MR) is 470 cm³/mol. The molecule has 2 fully saturated rings. The first-order chi connectivity index (χ1) is 61.9. The highest BCUT2D eigenvalue weighted by Crippen LogP contribution is 2.43. The highest BCUT2D eigenvalue weighted by molar-refractivity contribution is 6.09. The molecule has 5 aromatic carbocycles. The van der Waals surface area contributed by atoms with Crippen molar-refractivity contribution in [2.24, 2.45) is 40.7 Å². The molecule has 12 rings (SSSR count). The number of aliphatic carboxylic acids is 1. The minimum Gasteiger partial charge on any atom is -0.508 e. The summed E-state index contributed by atoms with van der Waals surface area (Å²) in [5.41, 5.74) is 24.1. The van der Waals surface area contributed by atoms with Crippen LogP contribution in [0.2, 0.25) is 0 Å². The molecule has 680 valence electrons. The van der Waals surface area contributed by atoms with Crippen molar-refractivity contribution in [3.05, 3.63) is 147 Å². The number of ether oxygens (including phenoxy) is 2. The number of nitrogens with zero attached hydrogens (tertiary/aromatic N) is 5. The molecule has 2 saturated heterocycles. The fourth-order valence-electron chi connectivity index (χ4n) is 15.5. The Morgan fingerprint density at radius 1 is 0.566 bits per heavy atom. The van der Waals surface area contributed by atoms with E-state index in [4.69, 9.17) is 51.8 Å². The van der Waals surface area contributed by atoms with Gasteiger partial charge in [0.05, 0.1) is 36.4 Å². The summed E-state index contributed by atoms with van der Waals surface area (Å²) >= 11 is 0. The van der Waals surface area contributed by atoms with E-state index in [0.717, 1.165) is 0 Å². The zero-order valence-electron chi connectivity index (χ0n) is 70.7. The van der Waals surface area contributed by atoms with Crippen LogP contribution in [-0.4, -0.2) is 202 Å². The molecule has 129 heavy (non-hydrogen) atoms. The summed E-state index contributed by atoms with van der Waals surface area (Å²) in [5, 5.41) is 61.4. The number of aromatic carboxylic acids is 1. The number of amides is 12. The SMILES string of the molecule is CC[C@H](C)[C@@H]1NC(=O)c2cc(NC(=O)CNC(=O)C3CCN(c4nc(Nc5ccc(-c6c7ccc(=O)cc-7oc7cc(O)ccc67)c(C(=O)O)c5)nc(N5CCC(C(=O)NCC(=O)Nc6ccc7c(c6)C(=O)N[C@@H](CCC(=O)O)C(=O)N[C@@H](CCCCN)C(=O)N[C@H](C(N)=O)CCO7)CC5)n4)CC3)ccc2OCc2ccc(C(N)=O)cc2NC(=O)[C@H](CCCCN)NC1=O. The number of unbranched alkanes of at least 4 members (excludes halogenated alkanes) is 2. The molecule has 6 heterocycles. The normalized spacial score (nSPS) is 18.2. The molecule has 0 saturated carbocycles. The Morgan fingerprint density at radius 2 is 1.13 bits per heavy atom. The van der Waals surface area contributed by atoms with Crippen molar-refractivity contribution < 1.29 is 96.3 Å². The summed E-state index contributed by atoms with van der Waals surface area (Å²) in [6.45, 7) is 3.43. The smallest absolute Gasteiger partial charge is 0.336 e. The first-order valence-corrected chi connectivity index (χ1v) is 42.4. The number of aromatic nitrogens is 3. The second-order valence-corrected chi connectivity index (χ2v) is 31.8. The maximum absolute atomic E-state index is 14.5. The number of benzene rings is 6. The molecule has 0 spiro atoms. The van der Waals surface area contributed by atoms with Crippen LogP contribution >= 0.6 is 0 Å². The van der Waals surface area contributed by atoms with Crippen LogP contribution in [0.5, 0.6) is 17.2 Å². The number of piperidine rings is 2. The van der Waals surface area contributed by atoms with Gasteiger partial charge in [0.15, 0.2) is 5.43 Å². The number of phenols is 1. The molecule has 6 aromatic rings. The number of aromatic hydroxyl groups is 1. The summed E-state index contributed by atoms with van der Waals surface area (Å²) in [7, 11) is 0. The molecule has 22 N–H and O–H groups in total. The highest BCUT2D eigenvalue weighted by Gasteiger charge is 2.37.